The lowest BCUT2D eigenvalue weighted by Gasteiger charge is -2.25. The number of aliphatic hydroxyl groups is 1. The molecule has 96 valence electrons. The molecule has 1 heterocycles. The summed E-state index contributed by atoms with van der Waals surface area (Å²) < 4.78 is 5.11. The van der Waals surface area contributed by atoms with Crippen molar-refractivity contribution < 1.29 is 9.84 Å². The second-order valence-corrected chi connectivity index (χ2v) is 4.51. The molecule has 0 aliphatic carbocycles. The molecule has 0 saturated carbocycles. The van der Waals surface area contributed by atoms with Gasteiger partial charge in [-0.3, -0.25) is 0 Å². The predicted octanol–water partition coefficient (Wildman–Crippen LogP) is 1.68. The van der Waals surface area contributed by atoms with Crippen LogP contribution in [0, 0.1) is 5.92 Å². The van der Waals surface area contributed by atoms with Gasteiger partial charge < -0.3 is 14.7 Å². The second kappa shape index (κ2) is 7.25. The highest BCUT2D eigenvalue weighted by atomic mass is 16.5. The van der Waals surface area contributed by atoms with Crippen molar-refractivity contribution in [2.24, 2.45) is 5.92 Å². The summed E-state index contributed by atoms with van der Waals surface area (Å²) in [6.07, 6.45) is 1.74. The summed E-state index contributed by atoms with van der Waals surface area (Å²) in [5, 5.41) is 9.13. The Kier molecular flexibility index (Phi) is 5.94. The highest BCUT2D eigenvalue weighted by Crippen LogP contribution is 2.14. The van der Waals surface area contributed by atoms with Crippen molar-refractivity contribution in [2.45, 2.75) is 20.5 Å². The summed E-state index contributed by atoms with van der Waals surface area (Å²) in [6.45, 7) is 6.83. The van der Waals surface area contributed by atoms with Crippen molar-refractivity contribution in [2.75, 3.05) is 31.7 Å². The van der Waals surface area contributed by atoms with Crippen LogP contribution in [0.25, 0.3) is 0 Å². The molecule has 4 nitrogen and oxygen atoms in total. The largest absolute Gasteiger partial charge is 0.392 e. The van der Waals surface area contributed by atoms with Gasteiger partial charge in [0.15, 0.2) is 0 Å². The molecule has 17 heavy (non-hydrogen) atoms. The number of methoxy groups -OCH3 is 1. The summed E-state index contributed by atoms with van der Waals surface area (Å²) in [4.78, 5) is 6.54. The van der Waals surface area contributed by atoms with Crippen LogP contribution in [0.5, 0.6) is 0 Å². The number of anilines is 1. The Morgan fingerprint density at radius 2 is 2.24 bits per heavy atom. The zero-order valence-corrected chi connectivity index (χ0v) is 10.9. The Hall–Kier alpha value is -1.13. The lowest BCUT2D eigenvalue weighted by molar-refractivity contribution is 0.204. The zero-order chi connectivity index (χ0) is 12.7. The number of nitrogens with zero attached hydrogens (tertiary/aromatic N) is 2. The molecule has 0 aromatic carbocycles. The van der Waals surface area contributed by atoms with Crippen LogP contribution in [0.15, 0.2) is 18.3 Å². The van der Waals surface area contributed by atoms with Gasteiger partial charge in [-0.15, -0.1) is 0 Å². The first-order valence-corrected chi connectivity index (χ1v) is 5.97. The summed E-state index contributed by atoms with van der Waals surface area (Å²) in [7, 11) is 1.70. The monoisotopic (exact) mass is 238 g/mol. The molecule has 0 bridgehead atoms. The Bertz CT molecular complexity index is 329. The lowest BCUT2D eigenvalue weighted by Crippen LogP contribution is -2.31. The molecule has 1 rings (SSSR count). The van der Waals surface area contributed by atoms with E-state index in [4.69, 9.17) is 9.84 Å². The smallest absolute Gasteiger partial charge is 0.128 e. The summed E-state index contributed by atoms with van der Waals surface area (Å²) in [6, 6.07) is 3.76. The van der Waals surface area contributed by atoms with E-state index in [9.17, 15) is 0 Å². The van der Waals surface area contributed by atoms with Crippen LogP contribution in [0.1, 0.15) is 19.4 Å². The molecule has 0 amide bonds. The molecule has 0 fully saturated rings. The van der Waals surface area contributed by atoms with Crippen LogP contribution in [0.2, 0.25) is 0 Å². The molecular weight excluding hydrogens is 216 g/mol. The van der Waals surface area contributed by atoms with Crippen molar-refractivity contribution in [1.29, 1.82) is 0 Å². The third-order valence-electron chi connectivity index (χ3n) is 2.47. The molecule has 0 unspecified atom stereocenters. The molecule has 0 atom stereocenters. The number of hydrogen-bond donors (Lipinski definition) is 1. The van der Waals surface area contributed by atoms with Crippen molar-refractivity contribution in [3.05, 3.63) is 23.9 Å². The first-order valence-electron chi connectivity index (χ1n) is 5.97. The number of hydrogen-bond acceptors (Lipinski definition) is 4. The van der Waals surface area contributed by atoms with E-state index in [1.54, 1.807) is 13.3 Å². The van der Waals surface area contributed by atoms with Gasteiger partial charge in [-0.1, -0.05) is 13.8 Å². The van der Waals surface area contributed by atoms with Gasteiger partial charge in [-0.05, 0) is 23.6 Å². The molecule has 0 aliphatic rings. The van der Waals surface area contributed by atoms with Crippen LogP contribution in [-0.2, 0) is 11.3 Å². The van der Waals surface area contributed by atoms with Crippen LogP contribution in [-0.4, -0.2) is 36.9 Å². The fraction of sp³-hybridized carbons (Fsp3) is 0.615. The van der Waals surface area contributed by atoms with E-state index in [0.717, 1.165) is 24.5 Å². The van der Waals surface area contributed by atoms with Crippen molar-refractivity contribution in [3.63, 3.8) is 0 Å². The van der Waals surface area contributed by atoms with Gasteiger partial charge in [-0.25, -0.2) is 4.98 Å². The van der Waals surface area contributed by atoms with Crippen molar-refractivity contribution in [3.8, 4) is 0 Å². The van der Waals surface area contributed by atoms with E-state index < -0.39 is 0 Å². The van der Waals surface area contributed by atoms with E-state index in [2.05, 4.69) is 23.7 Å². The Morgan fingerprint density at radius 3 is 2.82 bits per heavy atom. The topological polar surface area (TPSA) is 45.6 Å². The molecule has 0 radical (unpaired) electrons. The normalized spacial score (nSPS) is 10.9. The van der Waals surface area contributed by atoms with E-state index in [1.807, 2.05) is 12.1 Å². The van der Waals surface area contributed by atoms with E-state index >= 15 is 0 Å². The van der Waals surface area contributed by atoms with Crippen LogP contribution in [0.3, 0.4) is 0 Å². The first-order chi connectivity index (χ1) is 8.17. The van der Waals surface area contributed by atoms with E-state index in [-0.39, 0.29) is 6.61 Å². The van der Waals surface area contributed by atoms with Gasteiger partial charge in [0, 0.05) is 26.4 Å². The van der Waals surface area contributed by atoms with Gasteiger partial charge in [0.1, 0.15) is 5.82 Å². The molecule has 1 aromatic heterocycles. The van der Waals surface area contributed by atoms with Crippen LogP contribution >= 0.6 is 0 Å². The maximum absolute atomic E-state index is 9.13. The highest BCUT2D eigenvalue weighted by Gasteiger charge is 2.10. The second-order valence-electron chi connectivity index (χ2n) is 4.51. The first kappa shape index (κ1) is 13.9. The Balaban J connectivity index is 2.78. The van der Waals surface area contributed by atoms with Gasteiger partial charge in [0.2, 0.25) is 0 Å². The highest BCUT2D eigenvalue weighted by molar-refractivity contribution is 5.40. The van der Waals surface area contributed by atoms with Gasteiger partial charge >= 0.3 is 0 Å². The zero-order valence-electron chi connectivity index (χ0n) is 10.9. The fourth-order valence-corrected chi connectivity index (χ4v) is 1.67. The van der Waals surface area contributed by atoms with E-state index in [0.29, 0.717) is 12.5 Å². The molecule has 1 aromatic rings. The summed E-state index contributed by atoms with van der Waals surface area (Å²) >= 11 is 0. The maximum Gasteiger partial charge on any atom is 0.128 e. The number of aromatic nitrogens is 1. The molecule has 0 aliphatic heterocycles. The average molecular weight is 238 g/mol. The molecule has 1 N–H and O–H groups in total. The standard InChI is InChI=1S/C13H22N2O2/c1-11(2)9-15(6-7-17-3)13-8-12(10-16)4-5-14-13/h4-5,8,11,16H,6-7,9-10H2,1-3H3. The van der Waals surface area contributed by atoms with E-state index in [1.165, 1.54) is 0 Å². The lowest BCUT2D eigenvalue weighted by atomic mass is 10.2. The maximum atomic E-state index is 9.13. The molecule has 0 spiro atoms. The third kappa shape index (κ3) is 4.71. The van der Waals surface area contributed by atoms with Gasteiger partial charge in [0.25, 0.3) is 0 Å². The van der Waals surface area contributed by atoms with Crippen LogP contribution < -0.4 is 4.90 Å². The van der Waals surface area contributed by atoms with Gasteiger partial charge in [-0.2, -0.15) is 0 Å². The Morgan fingerprint density at radius 1 is 1.47 bits per heavy atom. The predicted molar refractivity (Wildman–Crippen MR) is 69.1 cm³/mol. The van der Waals surface area contributed by atoms with Gasteiger partial charge in [0.05, 0.1) is 13.2 Å². The Labute approximate surface area is 103 Å². The number of rotatable bonds is 7. The number of aliphatic hydroxyl groups excluding tert-OH is 1. The molecular formula is C13H22N2O2. The fourth-order valence-electron chi connectivity index (χ4n) is 1.67. The third-order valence-corrected chi connectivity index (χ3v) is 2.47. The van der Waals surface area contributed by atoms with Crippen molar-refractivity contribution >= 4 is 5.82 Å². The summed E-state index contributed by atoms with van der Waals surface area (Å²) in [5.41, 5.74) is 0.890. The SMILES string of the molecule is COCCN(CC(C)C)c1cc(CO)ccn1. The minimum absolute atomic E-state index is 0.0509. The quantitative estimate of drug-likeness (QED) is 0.785. The van der Waals surface area contributed by atoms with Crippen LogP contribution in [0.4, 0.5) is 5.82 Å². The average Bonchev–Trinajstić information content (AvgIpc) is 2.34. The molecule has 0 saturated heterocycles. The minimum Gasteiger partial charge on any atom is -0.392 e. The number of ether oxygens (including phenoxy) is 1. The summed E-state index contributed by atoms with van der Waals surface area (Å²) in [5.74, 6) is 1.47. The minimum atomic E-state index is 0.0509. The number of pyridine rings is 1. The molecule has 4 heteroatoms. The van der Waals surface area contributed by atoms with Crippen molar-refractivity contribution in [1.82, 2.24) is 4.98 Å².